The highest BCUT2D eigenvalue weighted by Gasteiger charge is 2.20. The molecule has 0 saturated carbocycles. The highest BCUT2D eigenvalue weighted by molar-refractivity contribution is 5.82. The van der Waals surface area contributed by atoms with Gasteiger partial charge < -0.3 is 14.8 Å². The second kappa shape index (κ2) is 6.05. The molecule has 0 bridgehead atoms. The molecule has 0 aliphatic carbocycles. The molecule has 1 heterocycles. The molecule has 2 N–H and O–H groups in total. The molecule has 1 unspecified atom stereocenters. The van der Waals surface area contributed by atoms with Gasteiger partial charge in [0.15, 0.2) is 0 Å². The summed E-state index contributed by atoms with van der Waals surface area (Å²) in [6.07, 6.45) is 3.16. The number of carboxylic acid groups (broad SMARTS) is 1. The number of furan rings is 1. The standard InChI is InChI=1S/C11H16N2O4/c1-8(14)12-10(11(15)16)6-13(2)5-9-3-4-17-7-9/h3-4,7,10H,5-6H2,1-2H3,(H,12,14)(H,15,16). The van der Waals surface area contributed by atoms with Gasteiger partial charge in [0.25, 0.3) is 0 Å². The van der Waals surface area contributed by atoms with E-state index in [1.165, 1.54) is 6.92 Å². The minimum Gasteiger partial charge on any atom is -0.480 e. The van der Waals surface area contributed by atoms with Crippen LogP contribution in [0.3, 0.4) is 0 Å². The first-order valence-electron chi connectivity index (χ1n) is 5.18. The van der Waals surface area contributed by atoms with Gasteiger partial charge in [0, 0.05) is 25.6 Å². The normalized spacial score (nSPS) is 12.4. The van der Waals surface area contributed by atoms with Crippen LogP contribution >= 0.6 is 0 Å². The first-order valence-corrected chi connectivity index (χ1v) is 5.18. The van der Waals surface area contributed by atoms with E-state index in [2.05, 4.69) is 5.32 Å². The predicted octanol–water partition coefficient (Wildman–Crippen LogP) is 0.301. The molecule has 1 aromatic rings. The lowest BCUT2D eigenvalue weighted by molar-refractivity contribution is -0.142. The molecule has 17 heavy (non-hydrogen) atoms. The van der Waals surface area contributed by atoms with E-state index in [0.29, 0.717) is 6.54 Å². The number of aliphatic carboxylic acids is 1. The van der Waals surface area contributed by atoms with Crippen LogP contribution < -0.4 is 5.32 Å². The Morgan fingerprint density at radius 3 is 2.76 bits per heavy atom. The van der Waals surface area contributed by atoms with Gasteiger partial charge in [-0.2, -0.15) is 0 Å². The number of amides is 1. The number of carbonyl (C=O) groups is 2. The summed E-state index contributed by atoms with van der Waals surface area (Å²) in [5, 5.41) is 11.3. The highest BCUT2D eigenvalue weighted by Crippen LogP contribution is 2.04. The molecule has 0 radical (unpaired) electrons. The summed E-state index contributed by atoms with van der Waals surface area (Å²) >= 11 is 0. The number of hydrogen-bond acceptors (Lipinski definition) is 4. The molecule has 0 fully saturated rings. The molecular weight excluding hydrogens is 224 g/mol. The minimum atomic E-state index is -1.04. The second-order valence-electron chi connectivity index (χ2n) is 3.92. The van der Waals surface area contributed by atoms with Crippen molar-refractivity contribution >= 4 is 11.9 Å². The number of carbonyl (C=O) groups excluding carboxylic acids is 1. The molecular formula is C11H16N2O4. The number of hydrogen-bond donors (Lipinski definition) is 2. The Labute approximate surface area is 99.2 Å². The van der Waals surface area contributed by atoms with Crippen LogP contribution in [0.1, 0.15) is 12.5 Å². The number of likely N-dealkylation sites (N-methyl/N-ethyl adjacent to an activating group) is 1. The molecule has 1 amide bonds. The lowest BCUT2D eigenvalue weighted by atomic mass is 10.2. The van der Waals surface area contributed by atoms with Crippen molar-refractivity contribution in [3.05, 3.63) is 24.2 Å². The molecule has 6 heteroatoms. The SMILES string of the molecule is CC(=O)NC(CN(C)Cc1ccoc1)C(=O)O. The summed E-state index contributed by atoms with van der Waals surface area (Å²) in [5.74, 6) is -1.40. The van der Waals surface area contributed by atoms with Crippen LogP contribution in [-0.2, 0) is 16.1 Å². The highest BCUT2D eigenvalue weighted by atomic mass is 16.4. The Balaban J connectivity index is 2.49. The van der Waals surface area contributed by atoms with Crippen LogP contribution in [0.25, 0.3) is 0 Å². The van der Waals surface area contributed by atoms with Gasteiger partial charge in [-0.25, -0.2) is 4.79 Å². The van der Waals surface area contributed by atoms with Crippen molar-refractivity contribution in [2.45, 2.75) is 19.5 Å². The Kier molecular flexibility index (Phi) is 4.71. The molecule has 1 atom stereocenters. The van der Waals surface area contributed by atoms with Crippen molar-refractivity contribution in [2.24, 2.45) is 0 Å². The predicted molar refractivity (Wildman–Crippen MR) is 60.3 cm³/mol. The van der Waals surface area contributed by atoms with Crippen LogP contribution in [-0.4, -0.2) is 41.5 Å². The van der Waals surface area contributed by atoms with Gasteiger partial charge in [0.05, 0.1) is 12.5 Å². The van der Waals surface area contributed by atoms with E-state index in [1.54, 1.807) is 24.5 Å². The molecule has 1 aromatic heterocycles. The van der Waals surface area contributed by atoms with E-state index in [1.807, 2.05) is 6.07 Å². The van der Waals surface area contributed by atoms with Gasteiger partial charge in [-0.05, 0) is 13.1 Å². The maximum Gasteiger partial charge on any atom is 0.327 e. The van der Waals surface area contributed by atoms with Crippen LogP contribution in [0.2, 0.25) is 0 Å². The molecule has 94 valence electrons. The minimum absolute atomic E-state index is 0.236. The summed E-state index contributed by atoms with van der Waals surface area (Å²) in [7, 11) is 1.78. The fourth-order valence-electron chi connectivity index (χ4n) is 1.50. The van der Waals surface area contributed by atoms with Crippen molar-refractivity contribution in [3.8, 4) is 0 Å². The van der Waals surface area contributed by atoms with E-state index in [-0.39, 0.29) is 12.5 Å². The summed E-state index contributed by atoms with van der Waals surface area (Å²) in [6.45, 7) is 2.10. The maximum absolute atomic E-state index is 10.9. The third kappa shape index (κ3) is 4.69. The zero-order chi connectivity index (χ0) is 12.8. The van der Waals surface area contributed by atoms with Crippen molar-refractivity contribution < 1.29 is 19.1 Å². The number of nitrogens with zero attached hydrogens (tertiary/aromatic N) is 1. The number of carboxylic acids is 1. The number of rotatable bonds is 6. The van der Waals surface area contributed by atoms with Crippen LogP contribution in [0.4, 0.5) is 0 Å². The summed E-state index contributed by atoms with van der Waals surface area (Å²) in [5.41, 5.74) is 0.958. The third-order valence-electron chi connectivity index (χ3n) is 2.20. The lowest BCUT2D eigenvalue weighted by Gasteiger charge is -2.21. The zero-order valence-electron chi connectivity index (χ0n) is 9.84. The Morgan fingerprint density at radius 1 is 1.59 bits per heavy atom. The molecule has 0 aliphatic rings. The van der Waals surface area contributed by atoms with E-state index in [9.17, 15) is 9.59 Å². The summed E-state index contributed by atoms with van der Waals surface area (Å²) in [6, 6.07) is 0.911. The summed E-state index contributed by atoms with van der Waals surface area (Å²) in [4.78, 5) is 23.6. The van der Waals surface area contributed by atoms with Crippen LogP contribution in [0.15, 0.2) is 23.0 Å². The van der Waals surface area contributed by atoms with Crippen molar-refractivity contribution in [1.82, 2.24) is 10.2 Å². The molecule has 0 spiro atoms. The molecule has 0 aromatic carbocycles. The van der Waals surface area contributed by atoms with Crippen molar-refractivity contribution in [3.63, 3.8) is 0 Å². The molecule has 0 aliphatic heterocycles. The van der Waals surface area contributed by atoms with Gasteiger partial charge in [-0.1, -0.05) is 0 Å². The van der Waals surface area contributed by atoms with Gasteiger partial charge >= 0.3 is 5.97 Å². The average Bonchev–Trinajstić information content (AvgIpc) is 2.68. The first-order chi connectivity index (χ1) is 7.99. The Bertz CT molecular complexity index is 375. The van der Waals surface area contributed by atoms with E-state index >= 15 is 0 Å². The molecule has 0 saturated heterocycles. The Morgan fingerprint density at radius 2 is 2.29 bits per heavy atom. The second-order valence-corrected chi connectivity index (χ2v) is 3.92. The van der Waals surface area contributed by atoms with Gasteiger partial charge in [-0.3, -0.25) is 9.69 Å². The molecule has 6 nitrogen and oxygen atoms in total. The maximum atomic E-state index is 10.9. The van der Waals surface area contributed by atoms with Crippen LogP contribution in [0.5, 0.6) is 0 Å². The quantitative estimate of drug-likeness (QED) is 0.747. The summed E-state index contributed by atoms with van der Waals surface area (Å²) < 4.78 is 4.92. The topological polar surface area (TPSA) is 82.8 Å². The monoisotopic (exact) mass is 240 g/mol. The van der Waals surface area contributed by atoms with Gasteiger partial charge in [0.1, 0.15) is 6.04 Å². The van der Waals surface area contributed by atoms with Gasteiger partial charge in [0.2, 0.25) is 5.91 Å². The zero-order valence-corrected chi connectivity index (χ0v) is 9.84. The van der Waals surface area contributed by atoms with Crippen molar-refractivity contribution in [1.29, 1.82) is 0 Å². The van der Waals surface area contributed by atoms with Crippen molar-refractivity contribution in [2.75, 3.05) is 13.6 Å². The molecule has 1 rings (SSSR count). The lowest BCUT2D eigenvalue weighted by Crippen LogP contribution is -2.46. The fourth-order valence-corrected chi connectivity index (χ4v) is 1.50. The average molecular weight is 240 g/mol. The smallest absolute Gasteiger partial charge is 0.327 e. The Hall–Kier alpha value is -1.82. The van der Waals surface area contributed by atoms with E-state index in [4.69, 9.17) is 9.52 Å². The van der Waals surface area contributed by atoms with E-state index in [0.717, 1.165) is 5.56 Å². The van der Waals surface area contributed by atoms with E-state index < -0.39 is 12.0 Å². The van der Waals surface area contributed by atoms with Crippen LogP contribution in [0, 0.1) is 0 Å². The number of nitrogens with one attached hydrogen (secondary N) is 1. The van der Waals surface area contributed by atoms with Gasteiger partial charge in [-0.15, -0.1) is 0 Å². The fraction of sp³-hybridized carbons (Fsp3) is 0.455. The third-order valence-corrected chi connectivity index (χ3v) is 2.20. The largest absolute Gasteiger partial charge is 0.480 e. The first kappa shape index (κ1) is 13.2.